The number of ether oxygens (including phenoxy) is 1. The number of carbonyl (C=O) groups is 2. The Morgan fingerprint density at radius 2 is 2.21 bits per heavy atom. The van der Waals surface area contributed by atoms with Crippen LogP contribution in [0, 0.1) is 5.92 Å². The average Bonchev–Trinajstić information content (AvgIpc) is 2.84. The topological polar surface area (TPSA) is 58.6 Å². The van der Waals surface area contributed by atoms with Gasteiger partial charge in [0, 0.05) is 31.5 Å². The van der Waals surface area contributed by atoms with Crippen molar-refractivity contribution in [2.24, 2.45) is 5.92 Å². The van der Waals surface area contributed by atoms with Gasteiger partial charge < -0.3 is 15.0 Å². The van der Waals surface area contributed by atoms with E-state index in [0.717, 1.165) is 19.6 Å². The van der Waals surface area contributed by atoms with E-state index in [4.69, 9.17) is 4.74 Å². The lowest BCUT2D eigenvalue weighted by atomic mass is 9.96. The van der Waals surface area contributed by atoms with Gasteiger partial charge in [-0.1, -0.05) is 6.92 Å². The molecule has 2 aliphatic heterocycles. The minimum Gasteiger partial charge on any atom is -0.381 e. The third kappa shape index (κ3) is 2.91. The van der Waals surface area contributed by atoms with E-state index in [2.05, 4.69) is 5.32 Å². The van der Waals surface area contributed by atoms with Gasteiger partial charge in [-0.15, -0.1) is 0 Å². The summed E-state index contributed by atoms with van der Waals surface area (Å²) in [6.07, 6.45) is 2.00. The first-order valence-corrected chi connectivity index (χ1v) is 7.16. The van der Waals surface area contributed by atoms with Crippen molar-refractivity contribution in [2.75, 3.05) is 19.8 Å². The van der Waals surface area contributed by atoms with Crippen LogP contribution in [-0.2, 0) is 14.3 Å². The molecule has 1 N–H and O–H groups in total. The second-order valence-corrected chi connectivity index (χ2v) is 5.97. The van der Waals surface area contributed by atoms with Crippen LogP contribution in [0.3, 0.4) is 0 Å². The second kappa shape index (κ2) is 5.49. The molecule has 0 aliphatic carbocycles. The van der Waals surface area contributed by atoms with Crippen molar-refractivity contribution in [1.82, 2.24) is 10.2 Å². The Morgan fingerprint density at radius 1 is 1.47 bits per heavy atom. The van der Waals surface area contributed by atoms with E-state index >= 15 is 0 Å². The third-order valence-corrected chi connectivity index (χ3v) is 4.35. The molecule has 2 amide bonds. The summed E-state index contributed by atoms with van der Waals surface area (Å²) in [5.74, 6) is 0.413. The number of carbonyl (C=O) groups excluding carboxylic acids is 2. The summed E-state index contributed by atoms with van der Waals surface area (Å²) in [5.41, 5.74) is -0.763. The number of hydrogen-bond donors (Lipinski definition) is 1. The van der Waals surface area contributed by atoms with Crippen molar-refractivity contribution in [3.8, 4) is 0 Å². The Labute approximate surface area is 114 Å². The maximum atomic E-state index is 12.7. The molecule has 0 radical (unpaired) electrons. The molecular weight excluding hydrogens is 244 g/mol. The molecule has 5 nitrogen and oxygen atoms in total. The average molecular weight is 268 g/mol. The Balaban J connectivity index is 2.17. The fourth-order valence-corrected chi connectivity index (χ4v) is 2.82. The van der Waals surface area contributed by atoms with E-state index in [1.807, 2.05) is 25.7 Å². The monoisotopic (exact) mass is 268 g/mol. The summed E-state index contributed by atoms with van der Waals surface area (Å²) in [4.78, 5) is 26.5. The molecular formula is C14H24N2O3. The number of amides is 2. The van der Waals surface area contributed by atoms with Gasteiger partial charge in [-0.25, -0.2) is 0 Å². The van der Waals surface area contributed by atoms with Crippen LogP contribution in [0.15, 0.2) is 0 Å². The molecule has 0 bridgehead atoms. The third-order valence-electron chi connectivity index (χ3n) is 4.35. The molecule has 0 saturated carbocycles. The van der Waals surface area contributed by atoms with Gasteiger partial charge in [-0.3, -0.25) is 9.59 Å². The minimum absolute atomic E-state index is 0.0321. The molecule has 0 spiro atoms. The summed E-state index contributed by atoms with van der Waals surface area (Å²) in [5, 5.41) is 2.88. The highest BCUT2D eigenvalue weighted by Crippen LogP contribution is 2.24. The number of hydrogen-bond acceptors (Lipinski definition) is 3. The van der Waals surface area contributed by atoms with E-state index in [0.29, 0.717) is 25.3 Å². The summed E-state index contributed by atoms with van der Waals surface area (Å²) in [7, 11) is 0. The second-order valence-electron chi connectivity index (χ2n) is 5.97. The van der Waals surface area contributed by atoms with Gasteiger partial charge in [0.2, 0.25) is 11.8 Å². The molecule has 3 atom stereocenters. The first kappa shape index (κ1) is 14.3. The van der Waals surface area contributed by atoms with E-state index in [9.17, 15) is 9.59 Å². The van der Waals surface area contributed by atoms with Gasteiger partial charge in [0.25, 0.3) is 0 Å². The zero-order chi connectivity index (χ0) is 14.0. The van der Waals surface area contributed by atoms with Crippen LogP contribution >= 0.6 is 0 Å². The van der Waals surface area contributed by atoms with Crippen molar-refractivity contribution in [2.45, 2.75) is 51.6 Å². The van der Waals surface area contributed by atoms with Crippen LogP contribution in [0.4, 0.5) is 0 Å². The molecule has 0 aromatic carbocycles. The van der Waals surface area contributed by atoms with E-state index < -0.39 is 5.54 Å². The molecule has 5 heteroatoms. The fraction of sp³-hybridized carbons (Fsp3) is 0.857. The molecule has 2 saturated heterocycles. The van der Waals surface area contributed by atoms with Crippen molar-refractivity contribution < 1.29 is 14.3 Å². The zero-order valence-corrected chi connectivity index (χ0v) is 12.1. The number of nitrogens with zero attached hydrogens (tertiary/aromatic N) is 1. The number of rotatable bonds is 3. The van der Waals surface area contributed by atoms with Gasteiger partial charge in [-0.05, 0) is 26.7 Å². The molecule has 0 aromatic rings. The SMILES string of the molecule is CCC1(C)NC(=O)CC(C)N(CC2CCOC2)C1=O. The highest BCUT2D eigenvalue weighted by atomic mass is 16.5. The summed E-state index contributed by atoms with van der Waals surface area (Å²) in [6, 6.07) is -0.0403. The van der Waals surface area contributed by atoms with Crippen molar-refractivity contribution >= 4 is 11.8 Å². The summed E-state index contributed by atoms with van der Waals surface area (Å²) in [6.45, 7) is 7.91. The van der Waals surface area contributed by atoms with Crippen molar-refractivity contribution in [1.29, 1.82) is 0 Å². The van der Waals surface area contributed by atoms with E-state index in [1.165, 1.54) is 0 Å². The lowest BCUT2D eigenvalue weighted by Crippen LogP contribution is -2.56. The van der Waals surface area contributed by atoms with Crippen molar-refractivity contribution in [3.63, 3.8) is 0 Å². The Morgan fingerprint density at radius 3 is 2.79 bits per heavy atom. The lowest BCUT2D eigenvalue weighted by Gasteiger charge is -2.35. The maximum absolute atomic E-state index is 12.7. The Hall–Kier alpha value is -1.10. The van der Waals surface area contributed by atoms with Gasteiger partial charge in [-0.2, -0.15) is 0 Å². The quantitative estimate of drug-likeness (QED) is 0.828. The molecule has 2 aliphatic rings. The Kier molecular flexibility index (Phi) is 4.13. The minimum atomic E-state index is -0.763. The van der Waals surface area contributed by atoms with Gasteiger partial charge in [0.1, 0.15) is 5.54 Å². The summed E-state index contributed by atoms with van der Waals surface area (Å²) >= 11 is 0. The number of nitrogens with one attached hydrogen (secondary N) is 1. The van der Waals surface area contributed by atoms with Crippen LogP contribution in [0.1, 0.15) is 40.0 Å². The highest BCUT2D eigenvalue weighted by molar-refractivity contribution is 5.93. The van der Waals surface area contributed by atoms with Crippen LogP contribution < -0.4 is 5.32 Å². The van der Waals surface area contributed by atoms with Crippen LogP contribution in [0.5, 0.6) is 0 Å². The first-order valence-electron chi connectivity index (χ1n) is 7.16. The molecule has 108 valence electrons. The normalized spacial score (nSPS) is 36.3. The lowest BCUT2D eigenvalue weighted by molar-refractivity contribution is -0.140. The molecule has 2 heterocycles. The van der Waals surface area contributed by atoms with E-state index in [-0.39, 0.29) is 17.9 Å². The highest BCUT2D eigenvalue weighted by Gasteiger charge is 2.42. The molecule has 2 fully saturated rings. The fourth-order valence-electron chi connectivity index (χ4n) is 2.82. The standard InChI is InChI=1S/C14H24N2O3/c1-4-14(3)13(18)16(8-11-5-6-19-9-11)10(2)7-12(17)15-14/h10-11H,4-9H2,1-3H3,(H,15,17). The van der Waals surface area contributed by atoms with Crippen LogP contribution in [0.2, 0.25) is 0 Å². The maximum Gasteiger partial charge on any atom is 0.248 e. The molecule has 19 heavy (non-hydrogen) atoms. The van der Waals surface area contributed by atoms with Crippen molar-refractivity contribution in [3.05, 3.63) is 0 Å². The van der Waals surface area contributed by atoms with Gasteiger partial charge in [0.15, 0.2) is 0 Å². The van der Waals surface area contributed by atoms with Gasteiger partial charge in [0.05, 0.1) is 6.61 Å². The zero-order valence-electron chi connectivity index (χ0n) is 12.1. The van der Waals surface area contributed by atoms with Crippen LogP contribution in [0.25, 0.3) is 0 Å². The Bertz CT molecular complexity index is 366. The smallest absolute Gasteiger partial charge is 0.248 e. The van der Waals surface area contributed by atoms with E-state index in [1.54, 1.807) is 0 Å². The van der Waals surface area contributed by atoms with Crippen LogP contribution in [-0.4, -0.2) is 48.1 Å². The molecule has 0 aromatic heterocycles. The largest absolute Gasteiger partial charge is 0.381 e. The first-order chi connectivity index (χ1) is 8.96. The predicted octanol–water partition coefficient (Wildman–Crippen LogP) is 0.929. The predicted molar refractivity (Wildman–Crippen MR) is 71.6 cm³/mol. The van der Waals surface area contributed by atoms with Gasteiger partial charge >= 0.3 is 0 Å². The molecule has 2 rings (SSSR count). The molecule has 3 unspecified atom stereocenters. The summed E-state index contributed by atoms with van der Waals surface area (Å²) < 4.78 is 5.38.